The first-order chi connectivity index (χ1) is 7.22. The minimum Gasteiger partial charge on any atom is -0.388 e. The Morgan fingerprint density at radius 1 is 1.47 bits per heavy atom. The molecule has 0 amide bonds. The highest BCUT2D eigenvalue weighted by atomic mass is 35.5. The molecule has 0 aliphatic rings. The summed E-state index contributed by atoms with van der Waals surface area (Å²) < 4.78 is 0. The zero-order valence-corrected chi connectivity index (χ0v) is 9.38. The fourth-order valence-corrected chi connectivity index (χ4v) is 1.99. The van der Waals surface area contributed by atoms with Crippen molar-refractivity contribution in [3.8, 4) is 0 Å². The van der Waals surface area contributed by atoms with Crippen LogP contribution in [0.4, 0.5) is 0 Å². The lowest BCUT2D eigenvalue weighted by molar-refractivity contribution is 0.168. The quantitative estimate of drug-likeness (QED) is 0.819. The molecular formula is C12H14ClNO. The van der Waals surface area contributed by atoms with Crippen molar-refractivity contribution in [1.29, 1.82) is 0 Å². The molecule has 0 fully saturated rings. The highest BCUT2D eigenvalue weighted by molar-refractivity contribution is 6.31. The van der Waals surface area contributed by atoms with Crippen molar-refractivity contribution >= 4 is 22.5 Å². The van der Waals surface area contributed by atoms with Crippen molar-refractivity contribution in [2.24, 2.45) is 0 Å². The molecule has 15 heavy (non-hydrogen) atoms. The molecule has 0 spiro atoms. The van der Waals surface area contributed by atoms with Crippen LogP contribution in [-0.4, -0.2) is 10.1 Å². The fraction of sp³-hybridized carbons (Fsp3) is 0.333. The molecule has 1 unspecified atom stereocenters. The Labute approximate surface area is 93.9 Å². The molecule has 2 nitrogen and oxygen atoms in total. The zero-order chi connectivity index (χ0) is 10.8. The van der Waals surface area contributed by atoms with Gasteiger partial charge < -0.3 is 10.1 Å². The summed E-state index contributed by atoms with van der Waals surface area (Å²) in [5.74, 6) is 0. The third kappa shape index (κ3) is 2.01. The number of H-pyrrole nitrogens is 1. The molecule has 0 aliphatic carbocycles. The molecule has 1 heterocycles. The van der Waals surface area contributed by atoms with Gasteiger partial charge in [-0.3, -0.25) is 0 Å². The van der Waals surface area contributed by atoms with Crippen LogP contribution in [0.1, 0.15) is 31.4 Å². The summed E-state index contributed by atoms with van der Waals surface area (Å²) in [5.41, 5.74) is 1.96. The summed E-state index contributed by atoms with van der Waals surface area (Å²) >= 11 is 5.93. The predicted octanol–water partition coefficient (Wildman–Crippen LogP) is 3.65. The van der Waals surface area contributed by atoms with E-state index in [-0.39, 0.29) is 0 Å². The van der Waals surface area contributed by atoms with Crippen molar-refractivity contribution in [2.45, 2.75) is 25.9 Å². The molecule has 80 valence electrons. The number of fused-ring (bicyclic) bond motifs is 1. The molecule has 1 atom stereocenters. The molecular weight excluding hydrogens is 210 g/mol. The van der Waals surface area contributed by atoms with Crippen molar-refractivity contribution in [3.63, 3.8) is 0 Å². The van der Waals surface area contributed by atoms with E-state index in [0.717, 1.165) is 29.3 Å². The standard InChI is InChI=1S/C12H14ClNO/c1-2-3-12(15)10-7-14-11-5-4-8(13)6-9(10)11/h4-7,12,14-15H,2-3H2,1H3. The van der Waals surface area contributed by atoms with E-state index in [9.17, 15) is 5.11 Å². The monoisotopic (exact) mass is 223 g/mol. The number of halogens is 1. The average Bonchev–Trinajstić information content (AvgIpc) is 2.60. The van der Waals surface area contributed by atoms with Crippen LogP contribution in [0.3, 0.4) is 0 Å². The number of aliphatic hydroxyl groups excluding tert-OH is 1. The SMILES string of the molecule is CCCC(O)c1c[nH]c2ccc(Cl)cc12. The topological polar surface area (TPSA) is 36.0 Å². The van der Waals surface area contributed by atoms with Crippen LogP contribution in [-0.2, 0) is 0 Å². The Morgan fingerprint density at radius 2 is 2.27 bits per heavy atom. The number of aromatic amines is 1. The van der Waals surface area contributed by atoms with Crippen molar-refractivity contribution in [2.75, 3.05) is 0 Å². The van der Waals surface area contributed by atoms with E-state index in [0.29, 0.717) is 5.02 Å². The van der Waals surface area contributed by atoms with E-state index >= 15 is 0 Å². The summed E-state index contributed by atoms with van der Waals surface area (Å²) in [6.45, 7) is 2.06. The van der Waals surface area contributed by atoms with Gasteiger partial charge in [-0.2, -0.15) is 0 Å². The molecule has 1 aromatic heterocycles. The first-order valence-corrected chi connectivity index (χ1v) is 5.54. The fourth-order valence-electron chi connectivity index (χ4n) is 1.82. The average molecular weight is 224 g/mol. The van der Waals surface area contributed by atoms with Gasteiger partial charge in [-0.25, -0.2) is 0 Å². The highest BCUT2D eigenvalue weighted by Crippen LogP contribution is 2.28. The van der Waals surface area contributed by atoms with Crippen molar-refractivity contribution < 1.29 is 5.11 Å². The number of hydrogen-bond acceptors (Lipinski definition) is 1. The molecule has 0 radical (unpaired) electrons. The van der Waals surface area contributed by atoms with Crippen LogP contribution in [0.5, 0.6) is 0 Å². The van der Waals surface area contributed by atoms with Crippen LogP contribution in [0, 0.1) is 0 Å². The zero-order valence-electron chi connectivity index (χ0n) is 8.63. The predicted molar refractivity (Wildman–Crippen MR) is 63.2 cm³/mol. The highest BCUT2D eigenvalue weighted by Gasteiger charge is 2.11. The number of aromatic nitrogens is 1. The molecule has 1 aromatic carbocycles. The van der Waals surface area contributed by atoms with Gasteiger partial charge in [-0.05, 0) is 24.6 Å². The molecule has 0 saturated carbocycles. The van der Waals surface area contributed by atoms with E-state index in [1.807, 2.05) is 24.4 Å². The lowest BCUT2D eigenvalue weighted by atomic mass is 10.0. The minimum atomic E-state index is -0.401. The van der Waals surface area contributed by atoms with E-state index in [1.54, 1.807) is 0 Å². The van der Waals surface area contributed by atoms with Gasteiger partial charge in [0, 0.05) is 27.7 Å². The number of hydrogen-bond donors (Lipinski definition) is 2. The normalized spacial score (nSPS) is 13.3. The summed E-state index contributed by atoms with van der Waals surface area (Å²) in [7, 11) is 0. The van der Waals surface area contributed by atoms with Crippen LogP contribution in [0.2, 0.25) is 5.02 Å². The maximum atomic E-state index is 9.94. The second-order valence-electron chi connectivity index (χ2n) is 3.74. The third-order valence-electron chi connectivity index (χ3n) is 2.60. The summed E-state index contributed by atoms with van der Waals surface area (Å²) in [5, 5.41) is 11.7. The van der Waals surface area contributed by atoms with Gasteiger partial charge in [0.05, 0.1) is 6.10 Å². The van der Waals surface area contributed by atoms with E-state index < -0.39 is 6.10 Å². The number of benzene rings is 1. The summed E-state index contributed by atoms with van der Waals surface area (Å²) in [4.78, 5) is 3.14. The largest absolute Gasteiger partial charge is 0.388 e. The molecule has 0 bridgehead atoms. The first-order valence-electron chi connectivity index (χ1n) is 5.17. The van der Waals surface area contributed by atoms with Gasteiger partial charge in [0.1, 0.15) is 0 Å². The van der Waals surface area contributed by atoms with Crippen LogP contribution in [0.15, 0.2) is 24.4 Å². The molecule has 0 saturated heterocycles. The summed E-state index contributed by atoms with van der Waals surface area (Å²) in [6.07, 6.45) is 3.21. The number of nitrogens with one attached hydrogen (secondary N) is 1. The van der Waals surface area contributed by atoms with Gasteiger partial charge >= 0.3 is 0 Å². The third-order valence-corrected chi connectivity index (χ3v) is 2.83. The maximum absolute atomic E-state index is 9.94. The Balaban J connectivity index is 2.47. The maximum Gasteiger partial charge on any atom is 0.0810 e. The molecule has 0 aliphatic heterocycles. The molecule has 2 aromatic rings. The minimum absolute atomic E-state index is 0.401. The number of rotatable bonds is 3. The van der Waals surface area contributed by atoms with E-state index in [1.165, 1.54) is 0 Å². The first kappa shape index (κ1) is 10.5. The van der Waals surface area contributed by atoms with Crippen molar-refractivity contribution in [1.82, 2.24) is 4.98 Å². The van der Waals surface area contributed by atoms with Gasteiger partial charge in [0.15, 0.2) is 0 Å². The number of aliphatic hydroxyl groups is 1. The van der Waals surface area contributed by atoms with Crippen LogP contribution >= 0.6 is 11.6 Å². The van der Waals surface area contributed by atoms with Crippen LogP contribution in [0.25, 0.3) is 10.9 Å². The molecule has 3 heteroatoms. The van der Waals surface area contributed by atoms with E-state index in [2.05, 4.69) is 11.9 Å². The Hall–Kier alpha value is -0.990. The smallest absolute Gasteiger partial charge is 0.0810 e. The van der Waals surface area contributed by atoms with Gasteiger partial charge in [-0.1, -0.05) is 24.9 Å². The Kier molecular flexibility index (Phi) is 2.98. The molecule has 2 rings (SSSR count). The van der Waals surface area contributed by atoms with E-state index in [4.69, 9.17) is 11.6 Å². The van der Waals surface area contributed by atoms with Gasteiger partial charge in [0.25, 0.3) is 0 Å². The van der Waals surface area contributed by atoms with Crippen LogP contribution < -0.4 is 0 Å². The Bertz CT molecular complexity index is 464. The van der Waals surface area contributed by atoms with Gasteiger partial charge in [-0.15, -0.1) is 0 Å². The second kappa shape index (κ2) is 4.25. The Morgan fingerprint density at radius 3 is 3.00 bits per heavy atom. The van der Waals surface area contributed by atoms with Gasteiger partial charge in [0.2, 0.25) is 0 Å². The molecule has 2 N–H and O–H groups in total. The second-order valence-corrected chi connectivity index (χ2v) is 4.17. The summed E-state index contributed by atoms with van der Waals surface area (Å²) in [6, 6.07) is 5.66. The lowest BCUT2D eigenvalue weighted by Gasteiger charge is -2.07. The van der Waals surface area contributed by atoms with Crippen molar-refractivity contribution in [3.05, 3.63) is 35.0 Å². The lowest BCUT2D eigenvalue weighted by Crippen LogP contribution is -1.94.